The molecule has 0 saturated carbocycles. The lowest BCUT2D eigenvalue weighted by Crippen LogP contribution is -2.35. The van der Waals surface area contributed by atoms with Crippen LogP contribution in [0.4, 0.5) is 0 Å². The van der Waals surface area contributed by atoms with Crippen LogP contribution in [0.5, 0.6) is 17.2 Å². The van der Waals surface area contributed by atoms with Gasteiger partial charge in [-0.3, -0.25) is 4.79 Å². The fraction of sp³-hybridized carbons (Fsp3) is 0.478. The van der Waals surface area contributed by atoms with Gasteiger partial charge in [-0.1, -0.05) is 0 Å². The quantitative estimate of drug-likeness (QED) is 0.710. The maximum Gasteiger partial charge on any atom is 0.337 e. The summed E-state index contributed by atoms with van der Waals surface area (Å²) in [6.07, 6.45) is 1.71. The second kappa shape index (κ2) is 8.81. The molecule has 1 atom stereocenters. The zero-order valence-corrected chi connectivity index (χ0v) is 18.4. The van der Waals surface area contributed by atoms with Gasteiger partial charge < -0.3 is 24.3 Å². The van der Waals surface area contributed by atoms with Crippen LogP contribution in [0.25, 0.3) is 0 Å². The molecular weight excluding hydrogens is 386 g/mol. The smallest absolute Gasteiger partial charge is 0.337 e. The van der Waals surface area contributed by atoms with E-state index in [1.54, 1.807) is 26.0 Å². The highest BCUT2D eigenvalue weighted by Gasteiger charge is 2.40. The Morgan fingerprint density at radius 1 is 1.07 bits per heavy atom. The molecule has 3 rings (SSSR count). The summed E-state index contributed by atoms with van der Waals surface area (Å²) in [5, 5.41) is 3.28. The van der Waals surface area contributed by atoms with Crippen LogP contribution in [0.3, 0.4) is 0 Å². The van der Waals surface area contributed by atoms with Crippen molar-refractivity contribution in [2.24, 2.45) is 0 Å². The van der Waals surface area contributed by atoms with Crippen molar-refractivity contribution >= 4 is 11.8 Å². The summed E-state index contributed by atoms with van der Waals surface area (Å²) in [6, 6.07) is 3.58. The summed E-state index contributed by atoms with van der Waals surface area (Å²) in [5.41, 5.74) is 3.30. The number of esters is 1. The molecule has 1 N–H and O–H groups in total. The number of dihydropyridines is 1. The van der Waals surface area contributed by atoms with Gasteiger partial charge in [0.05, 0.1) is 33.0 Å². The molecule has 1 aromatic rings. The molecule has 0 bridgehead atoms. The molecule has 162 valence electrons. The molecule has 0 aromatic heterocycles. The lowest BCUT2D eigenvalue weighted by Gasteiger charge is -2.34. The molecule has 0 fully saturated rings. The Bertz CT molecular complexity index is 903. The zero-order valence-electron chi connectivity index (χ0n) is 18.4. The van der Waals surface area contributed by atoms with Crippen molar-refractivity contribution < 1.29 is 28.5 Å². The maximum atomic E-state index is 13.1. The average molecular weight is 415 g/mol. The highest BCUT2D eigenvalue weighted by atomic mass is 16.5. The predicted octanol–water partition coefficient (Wildman–Crippen LogP) is 3.63. The van der Waals surface area contributed by atoms with Crippen LogP contribution in [-0.4, -0.2) is 39.2 Å². The number of Topliss-reactive ketones (excluding diaryl/α,β-unsaturated/α-hetero) is 1. The molecule has 30 heavy (non-hydrogen) atoms. The molecular formula is C23H29NO6. The minimum Gasteiger partial charge on any atom is -0.493 e. The Kier molecular flexibility index (Phi) is 6.39. The number of nitrogens with one attached hydrogen (secondary N) is 1. The topological polar surface area (TPSA) is 83.1 Å². The molecule has 7 nitrogen and oxygen atoms in total. The van der Waals surface area contributed by atoms with Gasteiger partial charge in [0, 0.05) is 29.3 Å². The first-order valence-electron chi connectivity index (χ1n) is 10.1. The normalized spacial score (nSPS) is 18.8. The monoisotopic (exact) mass is 415 g/mol. The van der Waals surface area contributed by atoms with Crippen LogP contribution in [0.15, 0.2) is 34.7 Å². The largest absolute Gasteiger partial charge is 0.493 e. The number of carbonyl (C=O) groups is 2. The van der Waals surface area contributed by atoms with Gasteiger partial charge in [0.15, 0.2) is 17.3 Å². The fourth-order valence-electron chi connectivity index (χ4n) is 4.13. The third-order valence-electron chi connectivity index (χ3n) is 5.36. The Labute approximate surface area is 177 Å². The third-order valence-corrected chi connectivity index (χ3v) is 5.36. The summed E-state index contributed by atoms with van der Waals surface area (Å²) in [5.74, 6) is 0.390. The molecule has 0 amide bonds. The van der Waals surface area contributed by atoms with Crippen molar-refractivity contribution in [3.05, 3.63) is 40.2 Å². The van der Waals surface area contributed by atoms with E-state index in [2.05, 4.69) is 5.32 Å². The third kappa shape index (κ3) is 3.88. The van der Waals surface area contributed by atoms with Crippen molar-refractivity contribution in [1.82, 2.24) is 5.32 Å². The van der Waals surface area contributed by atoms with E-state index in [0.717, 1.165) is 18.5 Å². The van der Waals surface area contributed by atoms with E-state index in [4.69, 9.17) is 18.9 Å². The van der Waals surface area contributed by atoms with Crippen LogP contribution >= 0.6 is 0 Å². The van der Waals surface area contributed by atoms with Crippen molar-refractivity contribution in [3.8, 4) is 17.2 Å². The lowest BCUT2D eigenvalue weighted by molar-refractivity contribution is -0.143. The van der Waals surface area contributed by atoms with Gasteiger partial charge in [-0.25, -0.2) is 4.79 Å². The van der Waals surface area contributed by atoms with Crippen LogP contribution in [0.1, 0.15) is 51.5 Å². The molecule has 1 heterocycles. The minimum atomic E-state index is -0.575. The van der Waals surface area contributed by atoms with Crippen molar-refractivity contribution in [2.45, 2.75) is 52.1 Å². The molecule has 2 aliphatic rings. The van der Waals surface area contributed by atoms with E-state index in [1.807, 2.05) is 6.92 Å². The van der Waals surface area contributed by atoms with Crippen molar-refractivity contribution in [1.29, 1.82) is 0 Å². The molecule has 1 aliphatic heterocycles. The number of ketones is 1. The maximum absolute atomic E-state index is 13.1. The second-order valence-electron chi connectivity index (χ2n) is 7.68. The fourth-order valence-corrected chi connectivity index (χ4v) is 4.13. The van der Waals surface area contributed by atoms with Gasteiger partial charge in [0.25, 0.3) is 0 Å². The highest BCUT2D eigenvalue weighted by molar-refractivity contribution is 6.03. The van der Waals surface area contributed by atoms with Gasteiger partial charge in [-0.2, -0.15) is 0 Å². The van der Waals surface area contributed by atoms with Crippen LogP contribution in [-0.2, 0) is 14.3 Å². The molecule has 0 spiro atoms. The first kappa shape index (κ1) is 21.7. The Balaban J connectivity index is 2.24. The number of methoxy groups -OCH3 is 3. The predicted molar refractivity (Wildman–Crippen MR) is 112 cm³/mol. The van der Waals surface area contributed by atoms with E-state index >= 15 is 0 Å². The van der Waals surface area contributed by atoms with Gasteiger partial charge in [-0.05, 0) is 51.3 Å². The minimum absolute atomic E-state index is 0.0323. The van der Waals surface area contributed by atoms with Crippen LogP contribution in [0, 0.1) is 0 Å². The summed E-state index contributed by atoms with van der Waals surface area (Å²) in [4.78, 5) is 26.1. The molecule has 1 aliphatic carbocycles. The lowest BCUT2D eigenvalue weighted by atomic mass is 9.75. The number of ether oxygens (including phenoxy) is 4. The molecule has 0 saturated heterocycles. The SMILES string of the molecule is COc1cc(C2C(C(=O)OC(C)C)=C(C)NC3=C2C(=O)CCC3)cc(OC)c1OC. The first-order chi connectivity index (χ1) is 14.3. The van der Waals surface area contributed by atoms with Gasteiger partial charge in [-0.15, -0.1) is 0 Å². The Morgan fingerprint density at radius 2 is 1.70 bits per heavy atom. The van der Waals surface area contributed by atoms with Crippen LogP contribution < -0.4 is 19.5 Å². The second-order valence-corrected chi connectivity index (χ2v) is 7.68. The first-order valence-corrected chi connectivity index (χ1v) is 10.1. The number of allylic oxidation sites excluding steroid dienone is 3. The van der Waals surface area contributed by atoms with E-state index in [0.29, 0.717) is 46.1 Å². The summed E-state index contributed by atoms with van der Waals surface area (Å²) >= 11 is 0. The van der Waals surface area contributed by atoms with Crippen molar-refractivity contribution in [3.63, 3.8) is 0 Å². The van der Waals surface area contributed by atoms with Gasteiger partial charge in [0.1, 0.15) is 0 Å². The van der Waals surface area contributed by atoms with E-state index < -0.39 is 11.9 Å². The summed E-state index contributed by atoms with van der Waals surface area (Å²) in [7, 11) is 4.61. The molecule has 1 aromatic carbocycles. The molecule has 0 radical (unpaired) electrons. The molecule has 1 unspecified atom stereocenters. The Hall–Kier alpha value is -2.96. The number of rotatable bonds is 6. The average Bonchev–Trinajstić information content (AvgIpc) is 2.71. The Morgan fingerprint density at radius 3 is 2.23 bits per heavy atom. The highest BCUT2D eigenvalue weighted by Crippen LogP contribution is 2.47. The number of hydrogen-bond donors (Lipinski definition) is 1. The van der Waals surface area contributed by atoms with E-state index in [9.17, 15) is 9.59 Å². The standard InChI is InChI=1S/C23H29NO6/c1-12(2)30-23(26)19-13(3)24-15-8-7-9-16(25)21(15)20(19)14-10-17(27-4)22(29-6)18(11-14)28-5/h10-12,20,24H,7-9H2,1-6H3. The van der Waals surface area contributed by atoms with E-state index in [1.165, 1.54) is 21.3 Å². The van der Waals surface area contributed by atoms with Crippen molar-refractivity contribution in [2.75, 3.05) is 21.3 Å². The van der Waals surface area contributed by atoms with Gasteiger partial charge in [0.2, 0.25) is 5.75 Å². The number of benzene rings is 1. The number of hydrogen-bond acceptors (Lipinski definition) is 7. The number of carbonyl (C=O) groups excluding carboxylic acids is 2. The summed E-state index contributed by atoms with van der Waals surface area (Å²) in [6.45, 7) is 5.44. The van der Waals surface area contributed by atoms with Crippen LogP contribution in [0.2, 0.25) is 0 Å². The molecule has 7 heteroatoms. The van der Waals surface area contributed by atoms with Gasteiger partial charge >= 0.3 is 5.97 Å². The zero-order chi connectivity index (χ0) is 22.0. The summed E-state index contributed by atoms with van der Waals surface area (Å²) < 4.78 is 22.0. The van der Waals surface area contributed by atoms with E-state index in [-0.39, 0.29) is 11.9 Å².